The summed E-state index contributed by atoms with van der Waals surface area (Å²) in [5.74, 6) is 0. The van der Waals surface area contributed by atoms with Crippen LogP contribution in [0, 0.1) is 5.41 Å². The summed E-state index contributed by atoms with van der Waals surface area (Å²) in [6.07, 6.45) is 5.42. The molecule has 0 amide bonds. The van der Waals surface area contributed by atoms with Gasteiger partial charge in [-0.1, -0.05) is 6.92 Å². The molecule has 2 heterocycles. The normalized spacial score (nSPS) is 23.4. The monoisotopic (exact) mass is 265 g/mol. The van der Waals surface area contributed by atoms with E-state index < -0.39 is 0 Å². The second-order valence-corrected chi connectivity index (χ2v) is 6.04. The third kappa shape index (κ3) is 3.80. The molecule has 1 aromatic heterocycles. The molecule has 4 heteroatoms. The Morgan fingerprint density at radius 1 is 1.53 bits per heavy atom. The molecule has 0 spiro atoms. The van der Waals surface area contributed by atoms with E-state index in [0.29, 0.717) is 6.04 Å². The highest BCUT2D eigenvalue weighted by Crippen LogP contribution is 2.31. The lowest BCUT2D eigenvalue weighted by atomic mass is 9.82. The molecule has 2 rings (SSSR count). The van der Waals surface area contributed by atoms with Crippen molar-refractivity contribution < 1.29 is 4.74 Å². The quantitative estimate of drug-likeness (QED) is 0.770. The van der Waals surface area contributed by atoms with Crippen LogP contribution in [0.1, 0.15) is 45.3 Å². The van der Waals surface area contributed by atoms with E-state index in [1.165, 1.54) is 12.1 Å². The minimum Gasteiger partial charge on any atom is -0.381 e. The third-order valence-electron chi connectivity index (χ3n) is 3.86. The highest BCUT2D eigenvalue weighted by molar-refractivity contribution is 5.05. The average molecular weight is 265 g/mol. The fourth-order valence-corrected chi connectivity index (χ4v) is 2.66. The van der Waals surface area contributed by atoms with Crippen molar-refractivity contribution in [2.45, 2.75) is 46.1 Å². The maximum atomic E-state index is 5.64. The van der Waals surface area contributed by atoms with E-state index in [9.17, 15) is 0 Å². The molecule has 1 fully saturated rings. The maximum absolute atomic E-state index is 5.64. The van der Waals surface area contributed by atoms with E-state index in [1.54, 1.807) is 0 Å². The topological polar surface area (TPSA) is 39.1 Å². The summed E-state index contributed by atoms with van der Waals surface area (Å²) in [7, 11) is 0. The van der Waals surface area contributed by atoms with Crippen LogP contribution in [0.2, 0.25) is 0 Å². The summed E-state index contributed by atoms with van der Waals surface area (Å²) in [6.45, 7) is 10.4. The Balaban J connectivity index is 1.99. The zero-order valence-electron chi connectivity index (χ0n) is 12.5. The van der Waals surface area contributed by atoms with Crippen molar-refractivity contribution in [3.63, 3.8) is 0 Å². The zero-order chi connectivity index (χ0) is 13.7. The first-order valence-electron chi connectivity index (χ1n) is 7.48. The molecule has 1 saturated heterocycles. The second kappa shape index (κ2) is 6.53. The Bertz CT molecular complexity index is 380. The number of hydrogen-bond donors (Lipinski definition) is 1. The van der Waals surface area contributed by atoms with E-state index in [2.05, 4.69) is 43.4 Å². The smallest absolute Gasteiger partial charge is 0.0631 e. The van der Waals surface area contributed by atoms with Crippen LogP contribution >= 0.6 is 0 Å². The van der Waals surface area contributed by atoms with Gasteiger partial charge < -0.3 is 10.1 Å². The van der Waals surface area contributed by atoms with Gasteiger partial charge in [0.2, 0.25) is 0 Å². The van der Waals surface area contributed by atoms with Crippen molar-refractivity contribution in [2.24, 2.45) is 5.41 Å². The van der Waals surface area contributed by atoms with E-state index in [4.69, 9.17) is 4.74 Å². The van der Waals surface area contributed by atoms with Crippen LogP contribution in [0.15, 0.2) is 12.3 Å². The van der Waals surface area contributed by atoms with Crippen molar-refractivity contribution in [3.05, 3.63) is 18.0 Å². The van der Waals surface area contributed by atoms with Crippen LogP contribution < -0.4 is 5.32 Å². The van der Waals surface area contributed by atoms with Gasteiger partial charge in [0.15, 0.2) is 0 Å². The number of nitrogens with one attached hydrogen (secondary N) is 1. The number of nitrogens with zero attached hydrogens (tertiary/aromatic N) is 2. The highest BCUT2D eigenvalue weighted by atomic mass is 16.5. The van der Waals surface area contributed by atoms with Gasteiger partial charge in [0.05, 0.1) is 12.3 Å². The molecule has 0 aliphatic carbocycles. The van der Waals surface area contributed by atoms with Gasteiger partial charge in [0.25, 0.3) is 0 Å². The molecule has 1 unspecified atom stereocenters. The lowest BCUT2D eigenvalue weighted by Crippen LogP contribution is -2.37. The van der Waals surface area contributed by atoms with Crippen LogP contribution in [0.25, 0.3) is 0 Å². The summed E-state index contributed by atoms with van der Waals surface area (Å²) in [5, 5.41) is 8.23. The number of aromatic nitrogens is 2. The molecule has 1 N–H and O–H groups in total. The van der Waals surface area contributed by atoms with Gasteiger partial charge in [0.1, 0.15) is 0 Å². The van der Waals surface area contributed by atoms with Crippen LogP contribution in [0.4, 0.5) is 0 Å². The predicted molar refractivity (Wildman–Crippen MR) is 77.3 cm³/mol. The SMILES string of the molecule is CCCNCC1(Cc2ccn(C(C)C)n2)CCOC1. The van der Waals surface area contributed by atoms with Gasteiger partial charge in [-0.25, -0.2) is 0 Å². The van der Waals surface area contributed by atoms with Crippen molar-refractivity contribution in [1.82, 2.24) is 15.1 Å². The summed E-state index contributed by atoms with van der Waals surface area (Å²) in [5.41, 5.74) is 1.43. The first-order chi connectivity index (χ1) is 9.15. The average Bonchev–Trinajstić information content (AvgIpc) is 3.00. The van der Waals surface area contributed by atoms with Crippen LogP contribution in [-0.2, 0) is 11.2 Å². The van der Waals surface area contributed by atoms with Crippen molar-refractivity contribution in [1.29, 1.82) is 0 Å². The summed E-state index contributed by atoms with van der Waals surface area (Å²) < 4.78 is 7.68. The van der Waals surface area contributed by atoms with E-state index in [1.807, 2.05) is 4.68 Å². The van der Waals surface area contributed by atoms with Gasteiger partial charge in [-0.05, 0) is 39.3 Å². The van der Waals surface area contributed by atoms with Crippen LogP contribution in [0.3, 0.4) is 0 Å². The lowest BCUT2D eigenvalue weighted by molar-refractivity contribution is 0.148. The molecule has 1 aliphatic rings. The minimum atomic E-state index is 0.241. The third-order valence-corrected chi connectivity index (χ3v) is 3.86. The van der Waals surface area contributed by atoms with E-state index in [0.717, 1.165) is 39.1 Å². The molecular weight excluding hydrogens is 238 g/mol. The molecule has 0 bridgehead atoms. The summed E-state index contributed by atoms with van der Waals surface area (Å²) in [4.78, 5) is 0. The molecule has 1 aromatic rings. The van der Waals surface area contributed by atoms with Crippen molar-refractivity contribution >= 4 is 0 Å². The van der Waals surface area contributed by atoms with Gasteiger partial charge in [-0.15, -0.1) is 0 Å². The van der Waals surface area contributed by atoms with Gasteiger partial charge in [0, 0.05) is 37.2 Å². The standard InChI is InChI=1S/C15H27N3O/c1-4-7-16-11-15(6-9-19-12-15)10-14-5-8-18(17-14)13(2)3/h5,8,13,16H,4,6-7,9-12H2,1-3H3. The van der Waals surface area contributed by atoms with Crippen molar-refractivity contribution in [2.75, 3.05) is 26.3 Å². The van der Waals surface area contributed by atoms with E-state index in [-0.39, 0.29) is 5.41 Å². The van der Waals surface area contributed by atoms with E-state index >= 15 is 0 Å². The maximum Gasteiger partial charge on any atom is 0.0631 e. The highest BCUT2D eigenvalue weighted by Gasteiger charge is 2.35. The molecular formula is C15H27N3O. The molecule has 0 radical (unpaired) electrons. The molecule has 19 heavy (non-hydrogen) atoms. The molecule has 4 nitrogen and oxygen atoms in total. The molecule has 0 saturated carbocycles. The Labute approximate surface area is 116 Å². The number of hydrogen-bond acceptors (Lipinski definition) is 3. The zero-order valence-corrected chi connectivity index (χ0v) is 12.5. The van der Waals surface area contributed by atoms with Crippen molar-refractivity contribution in [3.8, 4) is 0 Å². The molecule has 0 aromatic carbocycles. The van der Waals surface area contributed by atoms with Crippen LogP contribution in [0.5, 0.6) is 0 Å². The first-order valence-corrected chi connectivity index (χ1v) is 7.48. The Morgan fingerprint density at radius 2 is 2.37 bits per heavy atom. The lowest BCUT2D eigenvalue weighted by Gasteiger charge is -2.27. The largest absolute Gasteiger partial charge is 0.381 e. The second-order valence-electron chi connectivity index (χ2n) is 6.04. The number of ether oxygens (including phenoxy) is 1. The molecule has 1 aliphatic heterocycles. The van der Waals surface area contributed by atoms with Gasteiger partial charge in [-0.3, -0.25) is 4.68 Å². The number of rotatable bonds is 7. The Kier molecular flexibility index (Phi) is 4.99. The molecule has 108 valence electrons. The first kappa shape index (κ1) is 14.5. The van der Waals surface area contributed by atoms with Gasteiger partial charge >= 0.3 is 0 Å². The Morgan fingerprint density at radius 3 is 2.95 bits per heavy atom. The Hall–Kier alpha value is -0.870. The fourth-order valence-electron chi connectivity index (χ4n) is 2.66. The van der Waals surface area contributed by atoms with Gasteiger partial charge in [-0.2, -0.15) is 5.10 Å². The summed E-state index contributed by atoms with van der Waals surface area (Å²) >= 11 is 0. The molecule has 1 atom stereocenters. The predicted octanol–water partition coefficient (Wildman–Crippen LogP) is 2.41. The minimum absolute atomic E-state index is 0.241. The fraction of sp³-hybridized carbons (Fsp3) is 0.800. The summed E-state index contributed by atoms with van der Waals surface area (Å²) in [6, 6.07) is 2.59. The van der Waals surface area contributed by atoms with Crippen LogP contribution in [-0.4, -0.2) is 36.1 Å².